The summed E-state index contributed by atoms with van der Waals surface area (Å²) in [6.07, 6.45) is 0. The number of oxazole rings is 1. The SMILES string of the molecule is CCNC(=NCc1ccccc1OC(F)F)NCc1nc(C)c(C)o1. The van der Waals surface area contributed by atoms with E-state index in [1.807, 2.05) is 20.8 Å². The third-order valence-electron chi connectivity index (χ3n) is 3.42. The number of rotatable bonds is 7. The average molecular weight is 352 g/mol. The molecule has 0 aliphatic rings. The van der Waals surface area contributed by atoms with E-state index in [4.69, 9.17) is 4.42 Å². The van der Waals surface area contributed by atoms with E-state index in [0.29, 0.717) is 30.5 Å². The number of aliphatic imine (C=N–C) groups is 1. The molecule has 0 aliphatic carbocycles. The molecule has 1 aromatic heterocycles. The molecule has 25 heavy (non-hydrogen) atoms. The Hall–Kier alpha value is -2.64. The van der Waals surface area contributed by atoms with E-state index in [1.165, 1.54) is 6.07 Å². The van der Waals surface area contributed by atoms with Crippen molar-refractivity contribution in [2.75, 3.05) is 6.54 Å². The van der Waals surface area contributed by atoms with Gasteiger partial charge in [-0.3, -0.25) is 0 Å². The molecule has 0 bridgehead atoms. The minimum absolute atomic E-state index is 0.121. The van der Waals surface area contributed by atoms with Gasteiger partial charge in [0, 0.05) is 12.1 Å². The molecule has 0 radical (unpaired) electrons. The normalized spacial score (nSPS) is 11.7. The first-order valence-electron chi connectivity index (χ1n) is 7.97. The molecule has 1 heterocycles. The van der Waals surface area contributed by atoms with Crippen LogP contribution in [0.4, 0.5) is 8.78 Å². The van der Waals surface area contributed by atoms with Gasteiger partial charge in [0.25, 0.3) is 0 Å². The summed E-state index contributed by atoms with van der Waals surface area (Å²) >= 11 is 0. The van der Waals surface area contributed by atoms with Crippen molar-refractivity contribution in [3.63, 3.8) is 0 Å². The molecular weight excluding hydrogens is 330 g/mol. The van der Waals surface area contributed by atoms with E-state index in [1.54, 1.807) is 18.2 Å². The quantitative estimate of drug-likeness (QED) is 0.592. The number of nitrogens with one attached hydrogen (secondary N) is 2. The van der Waals surface area contributed by atoms with Crippen LogP contribution in [0.25, 0.3) is 0 Å². The van der Waals surface area contributed by atoms with Crippen LogP contribution in [0.15, 0.2) is 33.7 Å². The van der Waals surface area contributed by atoms with Crippen LogP contribution in [0.2, 0.25) is 0 Å². The number of alkyl halides is 2. The molecule has 0 unspecified atom stereocenters. The number of aromatic nitrogens is 1. The third kappa shape index (κ3) is 5.74. The lowest BCUT2D eigenvalue weighted by Crippen LogP contribution is -2.36. The number of halogens is 2. The Balaban J connectivity index is 2.04. The molecule has 2 N–H and O–H groups in total. The summed E-state index contributed by atoms with van der Waals surface area (Å²) in [5, 5.41) is 6.19. The summed E-state index contributed by atoms with van der Waals surface area (Å²) in [5.41, 5.74) is 1.42. The van der Waals surface area contributed by atoms with Crippen molar-refractivity contribution in [3.05, 3.63) is 47.2 Å². The van der Waals surface area contributed by atoms with Crippen LogP contribution in [-0.4, -0.2) is 24.1 Å². The molecule has 0 saturated heterocycles. The fourth-order valence-corrected chi connectivity index (χ4v) is 2.13. The van der Waals surface area contributed by atoms with Crippen LogP contribution in [0, 0.1) is 13.8 Å². The van der Waals surface area contributed by atoms with Gasteiger partial charge in [-0.2, -0.15) is 8.78 Å². The number of aryl methyl sites for hydroxylation is 2. The summed E-state index contributed by atoms with van der Waals surface area (Å²) in [5.74, 6) is 1.98. The number of ether oxygens (including phenoxy) is 1. The van der Waals surface area contributed by atoms with Gasteiger partial charge < -0.3 is 19.8 Å². The van der Waals surface area contributed by atoms with Crippen LogP contribution in [0.5, 0.6) is 5.75 Å². The molecule has 0 atom stereocenters. The summed E-state index contributed by atoms with van der Waals surface area (Å²) in [7, 11) is 0. The second-order valence-corrected chi connectivity index (χ2v) is 5.28. The Morgan fingerprint density at radius 2 is 2.04 bits per heavy atom. The highest BCUT2D eigenvalue weighted by Crippen LogP contribution is 2.20. The average Bonchev–Trinajstić information content (AvgIpc) is 2.89. The Kier molecular flexibility index (Phi) is 6.73. The van der Waals surface area contributed by atoms with Crippen LogP contribution in [0.1, 0.15) is 29.8 Å². The summed E-state index contributed by atoms with van der Waals surface area (Å²) in [6, 6.07) is 6.59. The van der Waals surface area contributed by atoms with Crippen molar-refractivity contribution in [3.8, 4) is 5.75 Å². The zero-order valence-corrected chi connectivity index (χ0v) is 14.5. The first kappa shape index (κ1) is 18.7. The number of guanidine groups is 1. The van der Waals surface area contributed by atoms with Crippen molar-refractivity contribution >= 4 is 5.96 Å². The van der Waals surface area contributed by atoms with E-state index in [9.17, 15) is 8.78 Å². The zero-order valence-electron chi connectivity index (χ0n) is 14.5. The zero-order chi connectivity index (χ0) is 18.2. The molecule has 0 spiro atoms. The maximum atomic E-state index is 12.5. The van der Waals surface area contributed by atoms with Crippen molar-refractivity contribution < 1.29 is 17.9 Å². The summed E-state index contributed by atoms with van der Waals surface area (Å²) in [6.45, 7) is 4.02. The fourth-order valence-electron chi connectivity index (χ4n) is 2.13. The molecule has 2 aromatic rings. The molecular formula is C17H22F2N4O2. The Morgan fingerprint density at radius 3 is 2.68 bits per heavy atom. The van der Waals surface area contributed by atoms with Crippen LogP contribution >= 0.6 is 0 Å². The number of hydrogen-bond donors (Lipinski definition) is 2. The maximum absolute atomic E-state index is 12.5. The first-order chi connectivity index (χ1) is 12.0. The minimum atomic E-state index is -2.87. The molecule has 0 fully saturated rings. The monoisotopic (exact) mass is 352 g/mol. The van der Waals surface area contributed by atoms with Gasteiger partial charge in [-0.25, -0.2) is 9.98 Å². The second kappa shape index (κ2) is 9.00. The molecule has 6 nitrogen and oxygen atoms in total. The number of nitrogens with zero attached hydrogens (tertiary/aromatic N) is 2. The van der Waals surface area contributed by atoms with Gasteiger partial charge in [0.2, 0.25) is 5.89 Å². The van der Waals surface area contributed by atoms with E-state index in [-0.39, 0.29) is 12.3 Å². The Morgan fingerprint density at radius 1 is 1.28 bits per heavy atom. The van der Waals surface area contributed by atoms with Crippen LogP contribution < -0.4 is 15.4 Å². The van der Waals surface area contributed by atoms with Crippen molar-refractivity contribution in [2.45, 2.75) is 40.5 Å². The lowest BCUT2D eigenvalue weighted by molar-refractivity contribution is -0.0504. The fraction of sp³-hybridized carbons (Fsp3) is 0.412. The van der Waals surface area contributed by atoms with Gasteiger partial charge in [-0.15, -0.1) is 0 Å². The van der Waals surface area contributed by atoms with E-state index >= 15 is 0 Å². The highest BCUT2D eigenvalue weighted by Gasteiger charge is 2.10. The van der Waals surface area contributed by atoms with Gasteiger partial charge in [0.05, 0.1) is 18.8 Å². The Labute approximate surface area is 145 Å². The van der Waals surface area contributed by atoms with Crippen LogP contribution in [-0.2, 0) is 13.1 Å². The molecule has 8 heteroatoms. The van der Waals surface area contributed by atoms with Gasteiger partial charge >= 0.3 is 6.61 Å². The van der Waals surface area contributed by atoms with Gasteiger partial charge in [-0.1, -0.05) is 18.2 Å². The molecule has 136 valence electrons. The predicted molar refractivity (Wildman–Crippen MR) is 90.7 cm³/mol. The topological polar surface area (TPSA) is 71.7 Å². The third-order valence-corrected chi connectivity index (χ3v) is 3.42. The highest BCUT2D eigenvalue weighted by molar-refractivity contribution is 5.79. The highest BCUT2D eigenvalue weighted by atomic mass is 19.3. The molecule has 0 aliphatic heterocycles. The summed E-state index contributed by atoms with van der Waals surface area (Å²) in [4.78, 5) is 8.69. The number of hydrogen-bond acceptors (Lipinski definition) is 4. The maximum Gasteiger partial charge on any atom is 0.387 e. The van der Waals surface area contributed by atoms with Crippen LogP contribution in [0.3, 0.4) is 0 Å². The lowest BCUT2D eigenvalue weighted by Gasteiger charge is -2.12. The molecule has 0 saturated carbocycles. The molecule has 0 amide bonds. The van der Waals surface area contributed by atoms with Crippen molar-refractivity contribution in [1.29, 1.82) is 0 Å². The number of benzene rings is 1. The first-order valence-corrected chi connectivity index (χ1v) is 7.97. The predicted octanol–water partition coefficient (Wildman–Crippen LogP) is 3.15. The van der Waals surface area contributed by atoms with Gasteiger partial charge in [-0.05, 0) is 26.8 Å². The van der Waals surface area contributed by atoms with E-state index in [2.05, 4.69) is 25.3 Å². The standard InChI is InChI=1S/C17H22F2N4O2/c1-4-20-17(22-10-15-23-11(2)12(3)24-15)21-9-13-7-5-6-8-14(13)25-16(18)19/h5-8,16H,4,9-10H2,1-3H3,(H2,20,21,22). The summed E-state index contributed by atoms with van der Waals surface area (Å²) < 4.78 is 34.9. The van der Waals surface area contributed by atoms with Gasteiger partial charge in [0.15, 0.2) is 5.96 Å². The van der Waals surface area contributed by atoms with Crippen molar-refractivity contribution in [1.82, 2.24) is 15.6 Å². The minimum Gasteiger partial charge on any atom is -0.444 e. The van der Waals surface area contributed by atoms with Crippen molar-refractivity contribution in [2.24, 2.45) is 4.99 Å². The van der Waals surface area contributed by atoms with E-state index in [0.717, 1.165) is 11.5 Å². The smallest absolute Gasteiger partial charge is 0.387 e. The lowest BCUT2D eigenvalue weighted by atomic mass is 10.2. The largest absolute Gasteiger partial charge is 0.444 e. The van der Waals surface area contributed by atoms with E-state index < -0.39 is 6.61 Å². The Bertz CT molecular complexity index is 697. The molecule has 2 rings (SSSR count). The molecule has 1 aromatic carbocycles. The second-order valence-electron chi connectivity index (χ2n) is 5.28. The number of para-hydroxylation sites is 1. The van der Waals surface area contributed by atoms with Gasteiger partial charge in [0.1, 0.15) is 11.5 Å².